The molecular weight excluding hydrogens is 258 g/mol. The quantitative estimate of drug-likeness (QED) is 0.703. The maximum atomic E-state index is 9.23. The molecule has 0 saturated carbocycles. The number of hydrogen-bond donors (Lipinski definition) is 1. The molecule has 3 heteroatoms. The number of anilines is 1. The Morgan fingerprint density at radius 1 is 1.19 bits per heavy atom. The number of aryl methyl sites for hydroxylation is 1. The van der Waals surface area contributed by atoms with Crippen LogP contribution < -0.4 is 10.2 Å². The van der Waals surface area contributed by atoms with Gasteiger partial charge in [-0.3, -0.25) is 5.32 Å². The van der Waals surface area contributed by atoms with E-state index in [0.29, 0.717) is 0 Å². The normalized spacial score (nSPS) is 13.5. The van der Waals surface area contributed by atoms with Gasteiger partial charge < -0.3 is 4.90 Å². The average Bonchev–Trinajstić information content (AvgIpc) is 2.51. The number of nitrogens with one attached hydrogen (secondary N) is 1. The molecule has 116 valence electrons. The Morgan fingerprint density at radius 2 is 1.86 bits per heavy atom. The minimum absolute atomic E-state index is 0.379. The van der Waals surface area contributed by atoms with Gasteiger partial charge in [0.05, 0.1) is 6.07 Å². The molecule has 0 radical (unpaired) electrons. The number of rotatable bonds is 9. The van der Waals surface area contributed by atoms with Gasteiger partial charge in [-0.1, -0.05) is 26.0 Å². The molecule has 1 N–H and O–H groups in total. The Kier molecular flexibility index (Phi) is 7.25. The van der Waals surface area contributed by atoms with Crippen LogP contribution in [0.2, 0.25) is 0 Å². The van der Waals surface area contributed by atoms with Gasteiger partial charge in [0.1, 0.15) is 5.54 Å². The molecule has 0 bridgehead atoms. The fourth-order valence-electron chi connectivity index (χ4n) is 2.52. The van der Waals surface area contributed by atoms with Crippen molar-refractivity contribution in [3.05, 3.63) is 29.8 Å². The van der Waals surface area contributed by atoms with Crippen LogP contribution in [-0.2, 0) is 6.42 Å². The van der Waals surface area contributed by atoms with Crippen LogP contribution in [0.5, 0.6) is 0 Å². The Balaban J connectivity index is 2.36. The van der Waals surface area contributed by atoms with Crippen molar-refractivity contribution < 1.29 is 0 Å². The van der Waals surface area contributed by atoms with Crippen LogP contribution in [0.15, 0.2) is 24.3 Å². The van der Waals surface area contributed by atoms with E-state index in [1.54, 1.807) is 0 Å². The largest absolute Gasteiger partial charge is 0.375 e. The highest BCUT2D eigenvalue weighted by Gasteiger charge is 2.21. The lowest BCUT2D eigenvalue weighted by Crippen LogP contribution is -2.40. The van der Waals surface area contributed by atoms with Crippen LogP contribution in [0, 0.1) is 11.3 Å². The molecule has 3 nitrogen and oxygen atoms in total. The minimum Gasteiger partial charge on any atom is -0.375 e. The van der Waals surface area contributed by atoms with Gasteiger partial charge in [0, 0.05) is 19.3 Å². The first-order valence-corrected chi connectivity index (χ1v) is 8.01. The maximum absolute atomic E-state index is 9.23. The van der Waals surface area contributed by atoms with E-state index >= 15 is 0 Å². The molecule has 0 spiro atoms. The molecule has 0 aliphatic heterocycles. The third kappa shape index (κ3) is 5.77. The molecule has 1 unspecified atom stereocenters. The van der Waals surface area contributed by atoms with Crippen LogP contribution in [0.3, 0.4) is 0 Å². The molecule has 0 saturated heterocycles. The minimum atomic E-state index is -0.379. The van der Waals surface area contributed by atoms with Gasteiger partial charge in [0.25, 0.3) is 0 Å². The predicted molar refractivity (Wildman–Crippen MR) is 90.6 cm³/mol. The highest BCUT2D eigenvalue weighted by molar-refractivity contribution is 5.46. The van der Waals surface area contributed by atoms with Crippen molar-refractivity contribution in [1.82, 2.24) is 5.32 Å². The maximum Gasteiger partial charge on any atom is 0.103 e. The van der Waals surface area contributed by atoms with E-state index in [1.807, 2.05) is 13.8 Å². The molecule has 1 aromatic rings. The first-order valence-electron chi connectivity index (χ1n) is 8.01. The Bertz CT molecular complexity index is 447. The summed E-state index contributed by atoms with van der Waals surface area (Å²) in [6.07, 6.45) is 4.16. The third-order valence-electron chi connectivity index (χ3n) is 4.02. The molecule has 1 atom stereocenters. The number of hydrogen-bond acceptors (Lipinski definition) is 3. The Labute approximate surface area is 130 Å². The van der Waals surface area contributed by atoms with Crippen molar-refractivity contribution in [3.8, 4) is 6.07 Å². The summed E-state index contributed by atoms with van der Waals surface area (Å²) in [5.74, 6) is 0. The van der Waals surface area contributed by atoms with E-state index in [0.717, 1.165) is 38.8 Å². The third-order valence-corrected chi connectivity index (χ3v) is 4.02. The summed E-state index contributed by atoms with van der Waals surface area (Å²) in [6, 6.07) is 11.2. The van der Waals surface area contributed by atoms with E-state index < -0.39 is 0 Å². The number of benzene rings is 1. The first-order chi connectivity index (χ1) is 10.0. The van der Waals surface area contributed by atoms with E-state index in [9.17, 15) is 5.26 Å². The molecule has 0 fully saturated rings. The molecule has 21 heavy (non-hydrogen) atoms. The summed E-state index contributed by atoms with van der Waals surface area (Å²) in [5, 5.41) is 12.5. The summed E-state index contributed by atoms with van der Waals surface area (Å²) in [5.41, 5.74) is 2.26. The number of nitrogens with zero attached hydrogens (tertiary/aromatic N) is 2. The van der Waals surface area contributed by atoms with Gasteiger partial charge >= 0.3 is 0 Å². The first kappa shape index (κ1) is 17.5. The van der Waals surface area contributed by atoms with Crippen LogP contribution in [-0.4, -0.2) is 25.7 Å². The van der Waals surface area contributed by atoms with Crippen molar-refractivity contribution in [2.75, 3.05) is 25.0 Å². The topological polar surface area (TPSA) is 39.1 Å². The average molecular weight is 287 g/mol. The van der Waals surface area contributed by atoms with Crippen LogP contribution >= 0.6 is 0 Å². The van der Waals surface area contributed by atoms with Crippen molar-refractivity contribution in [3.63, 3.8) is 0 Å². The SMILES string of the molecule is CCNC(C)(C#N)CCCCN(C)c1ccc(CC)cc1. The number of unbranched alkanes of at least 4 members (excludes halogenated alkanes) is 1. The fourth-order valence-corrected chi connectivity index (χ4v) is 2.52. The monoisotopic (exact) mass is 287 g/mol. The smallest absolute Gasteiger partial charge is 0.103 e. The highest BCUT2D eigenvalue weighted by atomic mass is 15.1. The van der Waals surface area contributed by atoms with Gasteiger partial charge in [-0.05, 0) is 56.8 Å². The second kappa shape index (κ2) is 8.69. The van der Waals surface area contributed by atoms with E-state index in [2.05, 4.69) is 54.5 Å². The summed E-state index contributed by atoms with van der Waals surface area (Å²) >= 11 is 0. The lowest BCUT2D eigenvalue weighted by Gasteiger charge is -2.24. The molecule has 0 amide bonds. The van der Waals surface area contributed by atoms with Crippen molar-refractivity contribution in [2.24, 2.45) is 0 Å². The van der Waals surface area contributed by atoms with Gasteiger partial charge in [-0.15, -0.1) is 0 Å². The zero-order valence-electron chi connectivity index (χ0n) is 13.9. The van der Waals surface area contributed by atoms with Crippen LogP contribution in [0.25, 0.3) is 0 Å². The molecular formula is C18H29N3. The second-order valence-corrected chi connectivity index (χ2v) is 5.87. The molecule has 1 aromatic carbocycles. The zero-order chi connectivity index (χ0) is 15.7. The van der Waals surface area contributed by atoms with Gasteiger partial charge in [0.15, 0.2) is 0 Å². The molecule has 0 aromatic heterocycles. The van der Waals surface area contributed by atoms with Crippen molar-refractivity contribution >= 4 is 5.69 Å². The van der Waals surface area contributed by atoms with Gasteiger partial charge in [-0.2, -0.15) is 5.26 Å². The van der Waals surface area contributed by atoms with E-state index in [1.165, 1.54) is 11.3 Å². The Morgan fingerprint density at radius 3 is 2.38 bits per heavy atom. The predicted octanol–water partition coefficient (Wildman–Crippen LogP) is 3.75. The lowest BCUT2D eigenvalue weighted by molar-refractivity contribution is 0.412. The lowest BCUT2D eigenvalue weighted by atomic mass is 9.96. The van der Waals surface area contributed by atoms with Crippen LogP contribution in [0.1, 0.15) is 45.6 Å². The zero-order valence-corrected chi connectivity index (χ0v) is 13.9. The van der Waals surface area contributed by atoms with Crippen LogP contribution in [0.4, 0.5) is 5.69 Å². The summed E-state index contributed by atoms with van der Waals surface area (Å²) in [4.78, 5) is 2.29. The number of nitriles is 1. The highest BCUT2D eigenvalue weighted by Crippen LogP contribution is 2.17. The summed E-state index contributed by atoms with van der Waals surface area (Å²) in [6.45, 7) is 8.08. The van der Waals surface area contributed by atoms with Gasteiger partial charge in [-0.25, -0.2) is 0 Å². The summed E-state index contributed by atoms with van der Waals surface area (Å²) in [7, 11) is 2.13. The van der Waals surface area contributed by atoms with E-state index in [-0.39, 0.29) is 5.54 Å². The fraction of sp³-hybridized carbons (Fsp3) is 0.611. The molecule has 0 aliphatic rings. The van der Waals surface area contributed by atoms with Crippen molar-refractivity contribution in [2.45, 2.75) is 52.0 Å². The molecule has 0 heterocycles. The standard InChI is InChI=1S/C18H29N3/c1-5-16-9-11-17(12-10-16)21(4)14-8-7-13-18(3,15-19)20-6-2/h9-12,20H,5-8,13-14H2,1-4H3. The van der Waals surface area contributed by atoms with Crippen molar-refractivity contribution in [1.29, 1.82) is 5.26 Å². The Hall–Kier alpha value is -1.53. The van der Waals surface area contributed by atoms with E-state index in [4.69, 9.17) is 0 Å². The molecule has 0 aliphatic carbocycles. The van der Waals surface area contributed by atoms with Gasteiger partial charge in [0.2, 0.25) is 0 Å². The second-order valence-electron chi connectivity index (χ2n) is 5.87. The summed E-state index contributed by atoms with van der Waals surface area (Å²) < 4.78 is 0. The molecule has 1 rings (SSSR count).